The van der Waals surface area contributed by atoms with E-state index in [0.29, 0.717) is 0 Å². The van der Waals surface area contributed by atoms with Gasteiger partial charge in [0.2, 0.25) is 0 Å². The topological polar surface area (TPSA) is 57.5 Å². The predicted octanol–water partition coefficient (Wildman–Crippen LogP) is 0.632. The summed E-state index contributed by atoms with van der Waals surface area (Å²) < 4.78 is 31.6. The summed E-state index contributed by atoms with van der Waals surface area (Å²) >= 11 is 0. The van der Waals surface area contributed by atoms with E-state index in [1.54, 1.807) is 0 Å². The minimum absolute atomic E-state index is 0.833. The van der Waals surface area contributed by atoms with Crippen LogP contribution in [0.25, 0.3) is 0 Å². The summed E-state index contributed by atoms with van der Waals surface area (Å²) in [6, 6.07) is 0. The number of aliphatic hydroxyl groups is 1. The fourth-order valence-corrected chi connectivity index (χ4v) is 0. The molecule has 0 amide bonds. The molecule has 0 unspecified atom stereocenters. The van der Waals surface area contributed by atoms with Crippen LogP contribution in [0.2, 0.25) is 0 Å². The number of carbonyl (C=O) groups is 1. The van der Waals surface area contributed by atoms with E-state index < -0.39 is 18.8 Å². The SMILES string of the molecule is CC(=O)O.OCC(F)(F)F. The highest BCUT2D eigenvalue weighted by Gasteiger charge is 2.24. The summed E-state index contributed by atoms with van der Waals surface area (Å²) in [5.41, 5.74) is 0. The highest BCUT2D eigenvalue weighted by molar-refractivity contribution is 5.62. The summed E-state index contributed by atoms with van der Waals surface area (Å²) in [7, 11) is 0. The second-order valence-corrected chi connectivity index (χ2v) is 1.29. The van der Waals surface area contributed by atoms with Gasteiger partial charge in [-0.1, -0.05) is 0 Å². The first-order valence-electron chi connectivity index (χ1n) is 2.16. The Morgan fingerprint density at radius 1 is 1.50 bits per heavy atom. The zero-order valence-electron chi connectivity index (χ0n) is 5.14. The number of hydrogen-bond acceptors (Lipinski definition) is 2. The van der Waals surface area contributed by atoms with E-state index in [4.69, 9.17) is 15.0 Å². The molecule has 0 aromatic rings. The molecule has 10 heavy (non-hydrogen) atoms. The van der Waals surface area contributed by atoms with Crippen molar-refractivity contribution in [1.29, 1.82) is 0 Å². The normalized spacial score (nSPS) is 9.70. The van der Waals surface area contributed by atoms with E-state index >= 15 is 0 Å². The van der Waals surface area contributed by atoms with Gasteiger partial charge in [0.05, 0.1) is 0 Å². The van der Waals surface area contributed by atoms with Crippen molar-refractivity contribution in [1.82, 2.24) is 0 Å². The predicted molar refractivity (Wildman–Crippen MR) is 26.5 cm³/mol. The van der Waals surface area contributed by atoms with Gasteiger partial charge in [-0.3, -0.25) is 4.79 Å². The van der Waals surface area contributed by atoms with Crippen molar-refractivity contribution in [2.45, 2.75) is 13.1 Å². The Morgan fingerprint density at radius 3 is 1.60 bits per heavy atom. The van der Waals surface area contributed by atoms with E-state index in [1.807, 2.05) is 0 Å². The largest absolute Gasteiger partial charge is 0.481 e. The molecule has 0 saturated heterocycles. The molecular weight excluding hydrogens is 153 g/mol. The molecule has 0 aliphatic heterocycles. The Bertz CT molecular complexity index is 94.4. The van der Waals surface area contributed by atoms with Gasteiger partial charge in [-0.05, 0) is 0 Å². The number of carboxylic acid groups (broad SMARTS) is 1. The van der Waals surface area contributed by atoms with Crippen LogP contribution in [0.3, 0.4) is 0 Å². The number of alkyl halides is 3. The molecule has 0 radical (unpaired) electrons. The zero-order chi connectivity index (χ0) is 8.78. The molecule has 0 atom stereocenters. The van der Waals surface area contributed by atoms with Crippen LogP contribution < -0.4 is 0 Å². The molecule has 0 aromatic carbocycles. The molecule has 0 aliphatic carbocycles. The van der Waals surface area contributed by atoms with Crippen LogP contribution in [-0.4, -0.2) is 29.0 Å². The monoisotopic (exact) mass is 160 g/mol. The quantitative estimate of drug-likeness (QED) is 0.546. The molecule has 2 N–H and O–H groups in total. The molecule has 0 fully saturated rings. The fourth-order valence-electron chi connectivity index (χ4n) is 0. The lowest BCUT2D eigenvalue weighted by Gasteiger charge is -1.95. The van der Waals surface area contributed by atoms with Gasteiger partial charge < -0.3 is 10.2 Å². The summed E-state index contributed by atoms with van der Waals surface area (Å²) in [4.78, 5) is 9.00. The van der Waals surface area contributed by atoms with Crippen LogP contribution in [0.4, 0.5) is 13.2 Å². The second-order valence-electron chi connectivity index (χ2n) is 1.29. The summed E-state index contributed by atoms with van der Waals surface area (Å²) in [6.45, 7) is -0.646. The zero-order valence-corrected chi connectivity index (χ0v) is 5.14. The summed E-state index contributed by atoms with van der Waals surface area (Å²) in [6.07, 6.45) is -4.40. The fraction of sp³-hybridized carbons (Fsp3) is 0.750. The van der Waals surface area contributed by atoms with E-state index in [1.165, 1.54) is 0 Å². The first kappa shape index (κ1) is 12.0. The summed E-state index contributed by atoms with van der Waals surface area (Å²) in [5.74, 6) is -0.833. The molecule has 0 aliphatic rings. The first-order chi connectivity index (χ1) is 4.29. The molecule has 6 heteroatoms. The van der Waals surface area contributed by atoms with Crippen molar-refractivity contribution in [2.75, 3.05) is 6.61 Å². The van der Waals surface area contributed by atoms with Gasteiger partial charge in [-0.2, -0.15) is 13.2 Å². The van der Waals surface area contributed by atoms with Crippen LogP contribution in [0, 0.1) is 0 Å². The molecule has 62 valence electrons. The van der Waals surface area contributed by atoms with Crippen molar-refractivity contribution >= 4 is 5.97 Å². The van der Waals surface area contributed by atoms with Crippen molar-refractivity contribution in [3.05, 3.63) is 0 Å². The Morgan fingerprint density at radius 2 is 1.60 bits per heavy atom. The third-order valence-corrected chi connectivity index (χ3v) is 0.179. The van der Waals surface area contributed by atoms with E-state index in [-0.39, 0.29) is 0 Å². The summed E-state index contributed by atoms with van der Waals surface area (Å²) in [5, 5.41) is 14.7. The minimum Gasteiger partial charge on any atom is -0.481 e. The molecule has 0 bridgehead atoms. The molecule has 0 heterocycles. The van der Waals surface area contributed by atoms with Crippen LogP contribution in [0.15, 0.2) is 0 Å². The third kappa shape index (κ3) is 56.7. The molecule has 0 aromatic heterocycles. The molecule has 0 spiro atoms. The maximum atomic E-state index is 10.5. The lowest BCUT2D eigenvalue weighted by atomic mass is 10.7. The van der Waals surface area contributed by atoms with Gasteiger partial charge in [0, 0.05) is 6.92 Å². The number of aliphatic carboxylic acids is 1. The number of rotatable bonds is 0. The van der Waals surface area contributed by atoms with Gasteiger partial charge in [0.25, 0.3) is 5.97 Å². The van der Waals surface area contributed by atoms with Crippen molar-refractivity contribution in [3.8, 4) is 0 Å². The van der Waals surface area contributed by atoms with Crippen LogP contribution in [0.1, 0.15) is 6.92 Å². The highest BCUT2D eigenvalue weighted by Crippen LogP contribution is 2.11. The Balaban J connectivity index is 0. The van der Waals surface area contributed by atoms with Gasteiger partial charge in [0.1, 0.15) is 6.61 Å². The van der Waals surface area contributed by atoms with E-state index in [0.717, 1.165) is 6.92 Å². The Labute approximate surface area is 55.1 Å². The van der Waals surface area contributed by atoms with Crippen LogP contribution in [-0.2, 0) is 4.79 Å². The van der Waals surface area contributed by atoms with Crippen molar-refractivity contribution in [2.24, 2.45) is 0 Å². The van der Waals surface area contributed by atoms with E-state index in [9.17, 15) is 13.2 Å². The van der Waals surface area contributed by atoms with Gasteiger partial charge in [-0.15, -0.1) is 0 Å². The van der Waals surface area contributed by atoms with Gasteiger partial charge >= 0.3 is 6.18 Å². The number of halogens is 3. The van der Waals surface area contributed by atoms with Crippen molar-refractivity contribution < 1.29 is 28.2 Å². The van der Waals surface area contributed by atoms with Gasteiger partial charge in [0.15, 0.2) is 0 Å². The van der Waals surface area contributed by atoms with Gasteiger partial charge in [-0.25, -0.2) is 0 Å². The standard InChI is InChI=1S/C2H3F3O.C2H4O2/c3-2(4,5)1-6;1-2(3)4/h6H,1H2;1H3,(H,3,4). The average molecular weight is 160 g/mol. The van der Waals surface area contributed by atoms with E-state index in [2.05, 4.69) is 0 Å². The third-order valence-electron chi connectivity index (χ3n) is 0.179. The Kier molecular flexibility index (Phi) is 6.02. The Hall–Kier alpha value is -0.780. The lowest BCUT2D eigenvalue weighted by molar-refractivity contribution is -0.159. The molecule has 3 nitrogen and oxygen atoms in total. The number of hydrogen-bond donors (Lipinski definition) is 2. The maximum Gasteiger partial charge on any atom is 0.411 e. The second kappa shape index (κ2) is 5.04. The highest BCUT2D eigenvalue weighted by atomic mass is 19.4. The smallest absolute Gasteiger partial charge is 0.411 e. The molecule has 0 saturated carbocycles. The lowest BCUT2D eigenvalue weighted by Crippen LogP contribution is -2.12. The molecular formula is C4H7F3O3. The number of carboxylic acids is 1. The first-order valence-corrected chi connectivity index (χ1v) is 2.16. The van der Waals surface area contributed by atoms with Crippen molar-refractivity contribution in [3.63, 3.8) is 0 Å². The van der Waals surface area contributed by atoms with Crippen LogP contribution >= 0.6 is 0 Å². The number of aliphatic hydroxyl groups excluding tert-OH is 1. The maximum absolute atomic E-state index is 10.5. The minimum atomic E-state index is -4.40. The molecule has 0 rings (SSSR count). The average Bonchev–Trinajstić information content (AvgIpc) is 1.63. The van der Waals surface area contributed by atoms with Crippen LogP contribution in [0.5, 0.6) is 0 Å².